The summed E-state index contributed by atoms with van der Waals surface area (Å²) in [5.74, 6) is 0.501. The highest BCUT2D eigenvalue weighted by Gasteiger charge is 2.26. The van der Waals surface area contributed by atoms with Crippen molar-refractivity contribution in [1.29, 1.82) is 0 Å². The van der Waals surface area contributed by atoms with E-state index < -0.39 is 12.6 Å². The number of ether oxygens (including phenoxy) is 1. The minimum absolute atomic E-state index is 0.343. The van der Waals surface area contributed by atoms with Gasteiger partial charge in [0.05, 0.1) is 13.0 Å². The Morgan fingerprint density at radius 1 is 1.25 bits per heavy atom. The molecule has 0 saturated heterocycles. The lowest BCUT2D eigenvalue weighted by Gasteiger charge is -2.12. The van der Waals surface area contributed by atoms with Crippen molar-refractivity contribution < 1.29 is 17.9 Å². The molecule has 0 fully saturated rings. The van der Waals surface area contributed by atoms with Crippen molar-refractivity contribution >= 4 is 0 Å². The molecule has 1 aromatic rings. The monoisotopic (exact) mass is 233 g/mol. The molecule has 1 aromatic carbocycles. The van der Waals surface area contributed by atoms with Crippen LogP contribution in [0.5, 0.6) is 5.75 Å². The van der Waals surface area contributed by atoms with Crippen LogP contribution in [0.4, 0.5) is 13.2 Å². The summed E-state index contributed by atoms with van der Waals surface area (Å²) in [6, 6.07) is 7.05. The summed E-state index contributed by atoms with van der Waals surface area (Å²) >= 11 is 0. The van der Waals surface area contributed by atoms with Crippen molar-refractivity contribution in [3.8, 4) is 5.75 Å². The molecule has 0 amide bonds. The van der Waals surface area contributed by atoms with E-state index in [-0.39, 0.29) is 6.61 Å². The highest BCUT2D eigenvalue weighted by atomic mass is 19.4. The van der Waals surface area contributed by atoms with Gasteiger partial charge in [0.2, 0.25) is 0 Å². The highest BCUT2D eigenvalue weighted by Crippen LogP contribution is 2.22. The molecule has 0 spiro atoms. The van der Waals surface area contributed by atoms with Gasteiger partial charge in [0.25, 0.3) is 0 Å². The third kappa shape index (κ3) is 4.53. The zero-order chi connectivity index (χ0) is 12.0. The Morgan fingerprint density at radius 3 is 2.56 bits per heavy atom. The Hall–Kier alpha value is -1.23. The topological polar surface area (TPSA) is 21.3 Å². The lowest BCUT2D eigenvalue weighted by atomic mass is 10.2. The molecule has 0 saturated carbocycles. The molecule has 0 aliphatic heterocycles. The molecule has 5 heteroatoms. The van der Waals surface area contributed by atoms with Crippen LogP contribution < -0.4 is 10.1 Å². The molecule has 0 aliphatic rings. The van der Waals surface area contributed by atoms with Crippen LogP contribution in [0.25, 0.3) is 0 Å². The van der Waals surface area contributed by atoms with E-state index in [2.05, 4.69) is 5.32 Å². The Labute approximate surface area is 92.4 Å². The van der Waals surface area contributed by atoms with Crippen LogP contribution in [0.15, 0.2) is 24.3 Å². The van der Waals surface area contributed by atoms with E-state index in [0.29, 0.717) is 12.3 Å². The normalized spacial score (nSPS) is 11.5. The molecular weight excluding hydrogens is 219 g/mol. The summed E-state index contributed by atoms with van der Waals surface area (Å²) in [5.41, 5.74) is 0.854. The van der Waals surface area contributed by atoms with Gasteiger partial charge in [-0.2, -0.15) is 13.2 Å². The van der Waals surface area contributed by atoms with Crippen molar-refractivity contribution in [2.75, 3.05) is 13.7 Å². The molecule has 16 heavy (non-hydrogen) atoms. The summed E-state index contributed by atoms with van der Waals surface area (Å²) in [7, 11) is 1.77. The van der Waals surface area contributed by atoms with Gasteiger partial charge in [-0.25, -0.2) is 0 Å². The van der Waals surface area contributed by atoms with Crippen molar-refractivity contribution in [3.63, 3.8) is 0 Å². The Balaban J connectivity index is 2.52. The maximum absolute atomic E-state index is 11.9. The average Bonchev–Trinajstić information content (AvgIpc) is 2.19. The molecule has 0 radical (unpaired) electrons. The number of para-hydroxylation sites is 1. The fourth-order valence-electron chi connectivity index (χ4n) is 1.26. The van der Waals surface area contributed by atoms with E-state index in [1.165, 1.54) is 0 Å². The van der Waals surface area contributed by atoms with Crippen molar-refractivity contribution in [2.45, 2.75) is 19.1 Å². The van der Waals surface area contributed by atoms with Crippen molar-refractivity contribution in [2.24, 2.45) is 0 Å². The molecule has 0 heterocycles. The van der Waals surface area contributed by atoms with Crippen LogP contribution in [0, 0.1) is 0 Å². The van der Waals surface area contributed by atoms with E-state index in [1.54, 1.807) is 19.2 Å². The van der Waals surface area contributed by atoms with Crippen LogP contribution in [-0.4, -0.2) is 19.8 Å². The average molecular weight is 233 g/mol. The quantitative estimate of drug-likeness (QED) is 0.844. The SMILES string of the molecule is CNCc1ccccc1OCCC(F)(F)F. The van der Waals surface area contributed by atoms with Crippen molar-refractivity contribution in [1.82, 2.24) is 5.32 Å². The van der Waals surface area contributed by atoms with E-state index in [0.717, 1.165) is 5.56 Å². The second kappa shape index (κ2) is 5.75. The largest absolute Gasteiger partial charge is 0.493 e. The van der Waals surface area contributed by atoms with E-state index in [9.17, 15) is 13.2 Å². The first-order valence-corrected chi connectivity index (χ1v) is 4.95. The second-order valence-electron chi connectivity index (χ2n) is 3.35. The smallest absolute Gasteiger partial charge is 0.392 e. The maximum Gasteiger partial charge on any atom is 0.392 e. The van der Waals surface area contributed by atoms with Crippen LogP contribution in [0.1, 0.15) is 12.0 Å². The molecule has 1 N–H and O–H groups in total. The number of alkyl halides is 3. The zero-order valence-corrected chi connectivity index (χ0v) is 8.97. The highest BCUT2D eigenvalue weighted by molar-refractivity contribution is 5.33. The summed E-state index contributed by atoms with van der Waals surface area (Å²) in [6.07, 6.45) is -5.10. The van der Waals surface area contributed by atoms with Gasteiger partial charge < -0.3 is 10.1 Å². The number of benzene rings is 1. The number of nitrogens with one attached hydrogen (secondary N) is 1. The molecule has 2 nitrogen and oxygen atoms in total. The molecule has 1 rings (SSSR count). The predicted molar refractivity (Wildman–Crippen MR) is 55.4 cm³/mol. The lowest BCUT2D eigenvalue weighted by molar-refractivity contribution is -0.139. The first-order chi connectivity index (χ1) is 7.53. The third-order valence-electron chi connectivity index (χ3n) is 1.98. The number of hydrogen-bond donors (Lipinski definition) is 1. The molecule has 0 atom stereocenters. The van der Waals surface area contributed by atoms with E-state index in [1.807, 2.05) is 12.1 Å². The first kappa shape index (κ1) is 12.8. The number of hydrogen-bond acceptors (Lipinski definition) is 2. The minimum Gasteiger partial charge on any atom is -0.493 e. The minimum atomic E-state index is -4.17. The Kier molecular flexibility index (Phi) is 4.61. The van der Waals surface area contributed by atoms with E-state index >= 15 is 0 Å². The van der Waals surface area contributed by atoms with Gasteiger partial charge in [-0.1, -0.05) is 18.2 Å². The number of rotatable bonds is 5. The second-order valence-corrected chi connectivity index (χ2v) is 3.35. The Morgan fingerprint density at radius 2 is 1.94 bits per heavy atom. The van der Waals surface area contributed by atoms with Crippen LogP contribution in [0.3, 0.4) is 0 Å². The summed E-state index contributed by atoms with van der Waals surface area (Å²) in [5, 5.41) is 2.93. The lowest BCUT2D eigenvalue weighted by Crippen LogP contribution is -2.14. The van der Waals surface area contributed by atoms with Crippen LogP contribution in [0.2, 0.25) is 0 Å². The molecular formula is C11H14F3NO. The van der Waals surface area contributed by atoms with Gasteiger partial charge in [-0.05, 0) is 13.1 Å². The van der Waals surface area contributed by atoms with Gasteiger partial charge in [0.1, 0.15) is 5.75 Å². The van der Waals surface area contributed by atoms with Gasteiger partial charge >= 0.3 is 6.18 Å². The summed E-state index contributed by atoms with van der Waals surface area (Å²) in [6.45, 7) is 0.229. The Bertz CT molecular complexity index is 325. The van der Waals surface area contributed by atoms with Crippen LogP contribution >= 0.6 is 0 Å². The van der Waals surface area contributed by atoms with Gasteiger partial charge in [-0.3, -0.25) is 0 Å². The van der Waals surface area contributed by atoms with Gasteiger partial charge in [-0.15, -0.1) is 0 Å². The third-order valence-corrected chi connectivity index (χ3v) is 1.98. The molecule has 0 bridgehead atoms. The molecule has 0 aromatic heterocycles. The molecule has 0 unspecified atom stereocenters. The first-order valence-electron chi connectivity index (χ1n) is 4.95. The van der Waals surface area contributed by atoms with E-state index in [4.69, 9.17) is 4.74 Å². The molecule has 0 aliphatic carbocycles. The predicted octanol–water partition coefficient (Wildman–Crippen LogP) is 2.74. The summed E-state index contributed by atoms with van der Waals surface area (Å²) in [4.78, 5) is 0. The fourth-order valence-corrected chi connectivity index (χ4v) is 1.26. The van der Waals surface area contributed by atoms with Crippen molar-refractivity contribution in [3.05, 3.63) is 29.8 Å². The van der Waals surface area contributed by atoms with Gasteiger partial charge in [0, 0.05) is 12.1 Å². The standard InChI is InChI=1S/C11H14F3NO/c1-15-8-9-4-2-3-5-10(9)16-7-6-11(12,13)14/h2-5,15H,6-8H2,1H3. The maximum atomic E-state index is 11.9. The van der Waals surface area contributed by atoms with Crippen LogP contribution in [-0.2, 0) is 6.54 Å². The van der Waals surface area contributed by atoms with Gasteiger partial charge in [0.15, 0.2) is 0 Å². The number of halogens is 3. The molecule has 90 valence electrons. The summed E-state index contributed by atoms with van der Waals surface area (Å²) < 4.78 is 40.8. The fraction of sp³-hybridized carbons (Fsp3) is 0.455. The zero-order valence-electron chi connectivity index (χ0n) is 8.97.